The van der Waals surface area contributed by atoms with Gasteiger partial charge in [0.05, 0.1) is 26.7 Å². The number of nitrogens with one attached hydrogen (secondary N) is 2. The number of sulfonamides is 1. The van der Waals surface area contributed by atoms with E-state index < -0.39 is 25.5 Å². The monoisotopic (exact) mass is 428 g/mol. The van der Waals surface area contributed by atoms with Crippen molar-refractivity contribution in [2.75, 3.05) is 4.72 Å². The Morgan fingerprint density at radius 2 is 1.76 bits per heavy atom. The van der Waals surface area contributed by atoms with E-state index in [-0.39, 0.29) is 5.69 Å². The van der Waals surface area contributed by atoms with Crippen LogP contribution in [0.15, 0.2) is 71.6 Å². The molecule has 0 amide bonds. The van der Waals surface area contributed by atoms with E-state index in [1.807, 2.05) is 18.2 Å². The third-order valence-electron chi connectivity index (χ3n) is 4.21. The summed E-state index contributed by atoms with van der Waals surface area (Å²) < 4.78 is 27.7. The minimum Gasteiger partial charge on any atom is -0.338 e. The van der Waals surface area contributed by atoms with Crippen molar-refractivity contribution in [1.29, 1.82) is 0 Å². The summed E-state index contributed by atoms with van der Waals surface area (Å²) in [7, 11) is -4.16. The topological polar surface area (TPSA) is 118 Å². The summed E-state index contributed by atoms with van der Waals surface area (Å²) in [5, 5.41) is 11.7. The quantitative estimate of drug-likeness (QED) is 0.356. The molecule has 0 spiro atoms. The van der Waals surface area contributed by atoms with E-state index in [0.717, 1.165) is 6.07 Å². The number of hydrogen-bond acceptors (Lipinski definition) is 5. The molecule has 0 unspecified atom stereocenters. The second kappa shape index (κ2) is 7.19. The fraction of sp³-hybridized carbons (Fsp3) is 0. The molecular formula is C19H13ClN4O4S. The van der Waals surface area contributed by atoms with Crippen molar-refractivity contribution in [3.8, 4) is 11.4 Å². The van der Waals surface area contributed by atoms with E-state index in [9.17, 15) is 18.5 Å². The Bertz CT molecular complexity index is 1350. The molecule has 2 N–H and O–H groups in total. The summed E-state index contributed by atoms with van der Waals surface area (Å²) in [6, 6.07) is 17.1. The van der Waals surface area contributed by atoms with E-state index in [0.29, 0.717) is 27.4 Å². The number of nitro benzene ring substituents is 1. The van der Waals surface area contributed by atoms with Crippen molar-refractivity contribution >= 4 is 44.0 Å². The molecule has 0 aliphatic heterocycles. The molecule has 0 fully saturated rings. The molecule has 0 saturated carbocycles. The zero-order valence-electron chi connectivity index (χ0n) is 14.7. The molecular weight excluding hydrogens is 416 g/mol. The van der Waals surface area contributed by atoms with Gasteiger partial charge in [0.25, 0.3) is 15.7 Å². The maximum atomic E-state index is 12.7. The summed E-state index contributed by atoms with van der Waals surface area (Å²) >= 11 is 6.21. The van der Waals surface area contributed by atoms with Gasteiger partial charge in [-0.05, 0) is 36.4 Å². The molecule has 4 rings (SSSR count). The number of benzene rings is 3. The highest BCUT2D eigenvalue weighted by Gasteiger charge is 2.25. The average molecular weight is 429 g/mol. The summed E-state index contributed by atoms with van der Waals surface area (Å²) in [5.41, 5.74) is 1.66. The Kier molecular flexibility index (Phi) is 4.69. The van der Waals surface area contributed by atoms with Crippen LogP contribution in [0.4, 0.5) is 11.4 Å². The van der Waals surface area contributed by atoms with Crippen LogP contribution < -0.4 is 4.72 Å². The van der Waals surface area contributed by atoms with Gasteiger partial charge in [-0.1, -0.05) is 35.9 Å². The minimum atomic E-state index is -4.16. The Morgan fingerprint density at radius 1 is 1.03 bits per heavy atom. The highest BCUT2D eigenvalue weighted by Crippen LogP contribution is 2.29. The lowest BCUT2D eigenvalue weighted by Gasteiger charge is -2.08. The molecule has 8 nitrogen and oxygen atoms in total. The summed E-state index contributed by atoms with van der Waals surface area (Å²) in [5.74, 6) is 0.546. The van der Waals surface area contributed by atoms with Crippen LogP contribution in [0.25, 0.3) is 22.4 Å². The Labute approximate surface area is 170 Å². The SMILES string of the molecule is O=[N+]([O-])c1ccccc1S(=O)(=O)Nc1ccc2nc(-c3ccccc3Cl)[nH]c2c1. The predicted molar refractivity (Wildman–Crippen MR) is 110 cm³/mol. The molecule has 0 atom stereocenters. The number of aromatic nitrogens is 2. The number of aromatic amines is 1. The number of hydrogen-bond donors (Lipinski definition) is 2. The number of H-pyrrole nitrogens is 1. The molecule has 1 aromatic heterocycles. The van der Waals surface area contributed by atoms with Gasteiger partial charge in [-0.15, -0.1) is 0 Å². The molecule has 1 heterocycles. The summed E-state index contributed by atoms with van der Waals surface area (Å²) in [6.45, 7) is 0. The summed E-state index contributed by atoms with van der Waals surface area (Å²) in [6.07, 6.45) is 0. The van der Waals surface area contributed by atoms with Gasteiger partial charge in [0.2, 0.25) is 0 Å². The maximum absolute atomic E-state index is 12.7. The van der Waals surface area contributed by atoms with Crippen LogP contribution in [0.1, 0.15) is 0 Å². The van der Waals surface area contributed by atoms with E-state index in [1.54, 1.807) is 18.2 Å². The minimum absolute atomic E-state index is 0.241. The first-order valence-corrected chi connectivity index (χ1v) is 10.2. The van der Waals surface area contributed by atoms with Crippen LogP contribution in [0.5, 0.6) is 0 Å². The van der Waals surface area contributed by atoms with Crippen molar-refractivity contribution in [3.05, 3.63) is 81.9 Å². The van der Waals surface area contributed by atoms with Crippen LogP contribution in [0.3, 0.4) is 0 Å². The normalized spacial score (nSPS) is 11.5. The van der Waals surface area contributed by atoms with Gasteiger partial charge >= 0.3 is 0 Å². The van der Waals surface area contributed by atoms with Crippen molar-refractivity contribution in [2.24, 2.45) is 0 Å². The van der Waals surface area contributed by atoms with Gasteiger partial charge in [-0.25, -0.2) is 13.4 Å². The largest absolute Gasteiger partial charge is 0.338 e. The van der Waals surface area contributed by atoms with Crippen LogP contribution in [-0.2, 0) is 10.0 Å². The average Bonchev–Trinajstić information content (AvgIpc) is 3.11. The lowest BCUT2D eigenvalue weighted by Crippen LogP contribution is -2.14. The number of fused-ring (bicyclic) bond motifs is 1. The van der Waals surface area contributed by atoms with Gasteiger partial charge in [0, 0.05) is 11.6 Å². The zero-order chi connectivity index (χ0) is 20.6. The number of anilines is 1. The fourth-order valence-corrected chi connectivity index (χ4v) is 4.35. The lowest BCUT2D eigenvalue weighted by atomic mass is 10.2. The van der Waals surface area contributed by atoms with Gasteiger partial charge in [0.15, 0.2) is 4.90 Å². The van der Waals surface area contributed by atoms with Gasteiger partial charge in [-0.2, -0.15) is 0 Å². The Hall–Kier alpha value is -3.43. The molecule has 0 saturated heterocycles. The number of nitrogens with zero attached hydrogens (tertiary/aromatic N) is 2. The van der Waals surface area contributed by atoms with Crippen molar-refractivity contribution in [3.63, 3.8) is 0 Å². The molecule has 3 aromatic carbocycles. The molecule has 0 aliphatic rings. The molecule has 29 heavy (non-hydrogen) atoms. The van der Waals surface area contributed by atoms with Gasteiger partial charge in [-0.3, -0.25) is 14.8 Å². The molecule has 4 aromatic rings. The number of imidazole rings is 1. The molecule has 0 aliphatic carbocycles. The van der Waals surface area contributed by atoms with Crippen LogP contribution in [0.2, 0.25) is 5.02 Å². The van der Waals surface area contributed by atoms with Crippen LogP contribution >= 0.6 is 11.6 Å². The predicted octanol–water partition coefficient (Wildman–Crippen LogP) is 4.59. The number of para-hydroxylation sites is 1. The molecule has 146 valence electrons. The second-order valence-electron chi connectivity index (χ2n) is 6.13. The number of rotatable bonds is 5. The molecule has 0 bridgehead atoms. The molecule has 0 radical (unpaired) electrons. The van der Waals surface area contributed by atoms with Crippen molar-refractivity contribution < 1.29 is 13.3 Å². The van der Waals surface area contributed by atoms with E-state index >= 15 is 0 Å². The van der Waals surface area contributed by atoms with Gasteiger partial charge < -0.3 is 4.98 Å². The first kappa shape index (κ1) is 18.9. The van der Waals surface area contributed by atoms with Crippen LogP contribution in [-0.4, -0.2) is 23.3 Å². The van der Waals surface area contributed by atoms with E-state index in [1.165, 1.54) is 24.3 Å². The number of nitro groups is 1. The summed E-state index contributed by atoms with van der Waals surface area (Å²) in [4.78, 5) is 17.6. The lowest BCUT2D eigenvalue weighted by molar-refractivity contribution is -0.387. The van der Waals surface area contributed by atoms with Crippen molar-refractivity contribution in [1.82, 2.24) is 9.97 Å². The highest BCUT2D eigenvalue weighted by molar-refractivity contribution is 7.92. The van der Waals surface area contributed by atoms with Gasteiger partial charge in [0.1, 0.15) is 5.82 Å². The standard InChI is InChI=1S/C19H13ClN4O4S/c20-14-6-2-1-5-13(14)19-21-15-10-9-12(11-16(15)22-19)23-29(27,28)18-8-4-3-7-17(18)24(25)26/h1-11,23H,(H,21,22). The fourth-order valence-electron chi connectivity index (χ4n) is 2.90. The zero-order valence-corrected chi connectivity index (χ0v) is 16.2. The van der Waals surface area contributed by atoms with Crippen LogP contribution in [0, 0.1) is 10.1 Å². The highest BCUT2D eigenvalue weighted by atomic mass is 35.5. The third kappa shape index (κ3) is 3.65. The Morgan fingerprint density at radius 3 is 2.52 bits per heavy atom. The second-order valence-corrected chi connectivity index (χ2v) is 8.19. The number of halogens is 1. The smallest absolute Gasteiger partial charge is 0.289 e. The third-order valence-corrected chi connectivity index (χ3v) is 5.97. The Balaban J connectivity index is 1.71. The van der Waals surface area contributed by atoms with Crippen molar-refractivity contribution in [2.45, 2.75) is 4.90 Å². The van der Waals surface area contributed by atoms with E-state index in [2.05, 4.69) is 14.7 Å². The first-order chi connectivity index (χ1) is 13.8. The maximum Gasteiger partial charge on any atom is 0.289 e. The van der Waals surface area contributed by atoms with E-state index in [4.69, 9.17) is 11.6 Å². The molecule has 10 heteroatoms. The first-order valence-electron chi connectivity index (χ1n) is 8.36.